The quantitative estimate of drug-likeness (QED) is 0.692. The van der Waals surface area contributed by atoms with E-state index < -0.39 is 10.1 Å². The average Bonchev–Trinajstić information content (AvgIpc) is 2.48. The summed E-state index contributed by atoms with van der Waals surface area (Å²) in [7, 11) is -1.98. The minimum atomic E-state index is -3.65. The summed E-state index contributed by atoms with van der Waals surface area (Å²) in [6.07, 6.45) is 0. The molecular weight excluding hydrogens is 308 g/mol. The van der Waals surface area contributed by atoms with Gasteiger partial charge in [0.1, 0.15) is 5.75 Å². The highest BCUT2D eigenvalue weighted by Crippen LogP contribution is 2.13. The predicted octanol–water partition coefficient (Wildman–Crippen LogP) is 3.55. The molecule has 114 valence electrons. The lowest BCUT2D eigenvalue weighted by molar-refractivity contribution is 0.414. The molecule has 2 aromatic carbocycles. The largest absolute Gasteiger partial charge is 0.497 e. The molecular formula is C15H18O4S2. The molecule has 0 radical (unpaired) electrons. The van der Waals surface area contributed by atoms with Crippen molar-refractivity contribution < 1.29 is 16.8 Å². The van der Waals surface area contributed by atoms with E-state index in [0.717, 1.165) is 11.3 Å². The van der Waals surface area contributed by atoms with Crippen molar-refractivity contribution in [3.63, 3.8) is 0 Å². The van der Waals surface area contributed by atoms with Crippen molar-refractivity contribution >= 4 is 23.0 Å². The fourth-order valence-corrected chi connectivity index (χ4v) is 2.30. The van der Waals surface area contributed by atoms with Crippen LogP contribution in [0.15, 0.2) is 53.4 Å². The minimum absolute atomic E-state index is 0.114. The van der Waals surface area contributed by atoms with Crippen molar-refractivity contribution in [2.24, 2.45) is 0 Å². The second-order valence-electron chi connectivity index (χ2n) is 4.36. The zero-order chi connectivity index (χ0) is 15.9. The normalized spacial score (nSPS) is 10.5. The number of benzene rings is 2. The maximum absolute atomic E-state index is 11.0. The van der Waals surface area contributed by atoms with E-state index in [0.29, 0.717) is 0 Å². The lowest BCUT2D eigenvalue weighted by atomic mass is 10.2. The van der Waals surface area contributed by atoms with Gasteiger partial charge < -0.3 is 4.74 Å². The van der Waals surface area contributed by atoms with Crippen LogP contribution in [0.3, 0.4) is 0 Å². The Morgan fingerprint density at radius 1 is 0.952 bits per heavy atom. The zero-order valence-corrected chi connectivity index (χ0v) is 13.8. The number of methoxy groups -OCH3 is 1. The van der Waals surface area contributed by atoms with E-state index in [-0.39, 0.29) is 4.90 Å². The standard InChI is InChI=1S/C8H10O.C7H8O3S2/c1-7-4-3-5-8(6-7)9-2;1-6-2-4-7(5-3-6)12(8,9)10-11/h3-6H,1-2H3;2-5,11H,1H3. The molecule has 2 aromatic rings. The van der Waals surface area contributed by atoms with E-state index in [1.165, 1.54) is 17.7 Å². The van der Waals surface area contributed by atoms with Crippen LogP contribution < -0.4 is 4.74 Å². The van der Waals surface area contributed by atoms with Crippen LogP contribution in [0.5, 0.6) is 5.75 Å². The van der Waals surface area contributed by atoms with E-state index in [9.17, 15) is 8.42 Å². The third-order valence-electron chi connectivity index (χ3n) is 2.63. The highest BCUT2D eigenvalue weighted by atomic mass is 32.3. The first-order valence-electron chi connectivity index (χ1n) is 6.14. The second-order valence-corrected chi connectivity index (χ2v) is 6.34. The molecule has 0 amide bonds. The Hall–Kier alpha value is -1.50. The van der Waals surface area contributed by atoms with Gasteiger partial charge in [0.2, 0.25) is 0 Å². The molecule has 0 aromatic heterocycles. The summed E-state index contributed by atoms with van der Waals surface area (Å²) in [6, 6.07) is 14.3. The molecule has 2 rings (SSSR count). The number of ether oxygens (including phenoxy) is 1. The van der Waals surface area contributed by atoms with Crippen molar-refractivity contribution in [2.45, 2.75) is 18.7 Å². The first-order valence-corrected chi connectivity index (χ1v) is 7.92. The van der Waals surface area contributed by atoms with Gasteiger partial charge in [-0.3, -0.25) is 0 Å². The van der Waals surface area contributed by atoms with Crippen molar-refractivity contribution in [3.8, 4) is 5.75 Å². The summed E-state index contributed by atoms with van der Waals surface area (Å²) >= 11 is 3.25. The SMILES string of the molecule is COc1cccc(C)c1.Cc1ccc(S(=O)(=O)OS)cc1. The first kappa shape index (κ1) is 17.6. The van der Waals surface area contributed by atoms with Gasteiger partial charge in [0.05, 0.1) is 12.0 Å². The molecule has 0 spiro atoms. The Bertz CT molecular complexity index is 664. The molecule has 0 saturated carbocycles. The minimum Gasteiger partial charge on any atom is -0.497 e. The molecule has 0 aliphatic rings. The van der Waals surface area contributed by atoms with E-state index in [1.54, 1.807) is 19.2 Å². The molecule has 0 aliphatic carbocycles. The number of hydrogen-bond donors (Lipinski definition) is 1. The van der Waals surface area contributed by atoms with Crippen LogP contribution in [0.25, 0.3) is 0 Å². The highest BCUT2D eigenvalue weighted by Gasteiger charge is 2.12. The van der Waals surface area contributed by atoms with Crippen LogP contribution in [0.2, 0.25) is 0 Å². The lowest BCUT2D eigenvalue weighted by Gasteiger charge is -1.99. The Morgan fingerprint density at radius 2 is 1.57 bits per heavy atom. The van der Waals surface area contributed by atoms with Gasteiger partial charge >= 0.3 is 10.1 Å². The Balaban J connectivity index is 0.000000219. The highest BCUT2D eigenvalue weighted by molar-refractivity contribution is 7.95. The average molecular weight is 326 g/mol. The van der Waals surface area contributed by atoms with E-state index in [2.05, 4.69) is 16.5 Å². The maximum Gasteiger partial charge on any atom is 0.307 e. The number of aryl methyl sites for hydroxylation is 2. The zero-order valence-electron chi connectivity index (χ0n) is 12.1. The fourth-order valence-electron chi connectivity index (χ4n) is 1.49. The van der Waals surface area contributed by atoms with Gasteiger partial charge in [-0.25, -0.2) is 0 Å². The van der Waals surface area contributed by atoms with Crippen molar-refractivity contribution in [2.75, 3.05) is 7.11 Å². The van der Waals surface area contributed by atoms with Gasteiger partial charge in [-0.2, -0.15) is 12.0 Å². The Morgan fingerprint density at radius 3 is 2.00 bits per heavy atom. The van der Waals surface area contributed by atoms with Gasteiger partial charge in [0, 0.05) is 0 Å². The first-order chi connectivity index (χ1) is 9.89. The summed E-state index contributed by atoms with van der Waals surface area (Å²) in [5.74, 6) is 0.926. The molecule has 0 fully saturated rings. The van der Waals surface area contributed by atoms with Crippen LogP contribution in [0.4, 0.5) is 0 Å². The smallest absolute Gasteiger partial charge is 0.307 e. The molecule has 0 atom stereocenters. The van der Waals surface area contributed by atoms with E-state index in [4.69, 9.17) is 4.74 Å². The molecule has 0 bridgehead atoms. The number of rotatable bonds is 3. The molecule has 21 heavy (non-hydrogen) atoms. The summed E-state index contributed by atoms with van der Waals surface area (Å²) in [4.78, 5) is 0.114. The van der Waals surface area contributed by atoms with Crippen LogP contribution in [-0.4, -0.2) is 15.5 Å². The Labute approximate surface area is 131 Å². The second kappa shape index (κ2) is 8.07. The molecule has 0 saturated heterocycles. The Kier molecular flexibility index (Phi) is 6.74. The maximum atomic E-state index is 11.0. The fraction of sp³-hybridized carbons (Fsp3) is 0.200. The molecule has 4 nitrogen and oxygen atoms in total. The van der Waals surface area contributed by atoms with Crippen molar-refractivity contribution in [1.29, 1.82) is 0 Å². The van der Waals surface area contributed by atoms with E-state index in [1.807, 2.05) is 38.1 Å². The number of hydrogen-bond acceptors (Lipinski definition) is 5. The lowest BCUT2D eigenvalue weighted by Crippen LogP contribution is -1.99. The summed E-state index contributed by atoms with van der Waals surface area (Å²) < 4.78 is 31.1. The van der Waals surface area contributed by atoms with Crippen molar-refractivity contribution in [1.82, 2.24) is 0 Å². The third kappa shape index (κ3) is 5.79. The van der Waals surface area contributed by atoms with Crippen molar-refractivity contribution in [3.05, 3.63) is 59.7 Å². The van der Waals surface area contributed by atoms with Crippen LogP contribution in [0, 0.1) is 13.8 Å². The monoisotopic (exact) mass is 326 g/mol. The van der Waals surface area contributed by atoms with Gasteiger partial charge in [-0.1, -0.05) is 29.8 Å². The van der Waals surface area contributed by atoms with Gasteiger partial charge in [0.15, 0.2) is 0 Å². The van der Waals surface area contributed by atoms with Gasteiger partial charge in [-0.05, 0) is 56.6 Å². The van der Waals surface area contributed by atoms with Gasteiger partial charge in [-0.15, -0.1) is 0 Å². The van der Waals surface area contributed by atoms with Crippen LogP contribution in [0.1, 0.15) is 11.1 Å². The number of thiol groups is 1. The molecule has 0 heterocycles. The summed E-state index contributed by atoms with van der Waals surface area (Å²) in [6.45, 7) is 3.92. The topological polar surface area (TPSA) is 52.6 Å². The van der Waals surface area contributed by atoms with E-state index >= 15 is 0 Å². The van der Waals surface area contributed by atoms with Gasteiger partial charge in [0.25, 0.3) is 0 Å². The molecule has 6 heteroatoms. The third-order valence-corrected chi connectivity index (χ3v) is 4.27. The molecule has 0 unspecified atom stereocenters. The predicted molar refractivity (Wildman–Crippen MR) is 86.2 cm³/mol. The van der Waals surface area contributed by atoms with Crippen LogP contribution in [-0.2, 0) is 13.7 Å². The molecule has 0 aliphatic heterocycles. The molecule has 0 N–H and O–H groups in total. The summed E-state index contributed by atoms with van der Waals surface area (Å²) in [5, 5.41) is 0. The summed E-state index contributed by atoms with van der Waals surface area (Å²) in [5.41, 5.74) is 2.22. The van der Waals surface area contributed by atoms with Crippen LogP contribution >= 0.6 is 12.9 Å².